The van der Waals surface area contributed by atoms with Crippen molar-refractivity contribution in [3.05, 3.63) is 55.4 Å². The van der Waals surface area contributed by atoms with Crippen LogP contribution in [-0.2, 0) is 19.3 Å². The topological polar surface area (TPSA) is 12.0 Å². The van der Waals surface area contributed by atoms with Crippen LogP contribution in [0.1, 0.15) is 39.8 Å². The van der Waals surface area contributed by atoms with Crippen LogP contribution >= 0.6 is 27.3 Å². The Morgan fingerprint density at radius 1 is 1.29 bits per heavy atom. The van der Waals surface area contributed by atoms with Crippen LogP contribution in [-0.4, -0.2) is 7.05 Å². The monoisotopic (exact) mass is 367 g/mol. The highest BCUT2D eigenvalue weighted by Gasteiger charge is 2.18. The average molecular weight is 368 g/mol. The second-order valence-corrected chi connectivity index (χ2v) is 7.62. The maximum Gasteiger partial charge on any atom is 0.137 e. The molecule has 1 heterocycles. The zero-order chi connectivity index (χ0) is 14.8. The van der Waals surface area contributed by atoms with Gasteiger partial charge in [-0.15, -0.1) is 11.3 Å². The zero-order valence-electron chi connectivity index (χ0n) is 12.1. The van der Waals surface area contributed by atoms with Crippen LogP contribution < -0.4 is 5.32 Å². The number of hydrogen-bond acceptors (Lipinski definition) is 2. The molecule has 1 nitrogen and oxygen atoms in total. The fourth-order valence-electron chi connectivity index (χ4n) is 2.93. The van der Waals surface area contributed by atoms with E-state index < -0.39 is 0 Å². The Morgan fingerprint density at radius 2 is 2.10 bits per heavy atom. The van der Waals surface area contributed by atoms with E-state index >= 15 is 0 Å². The molecule has 112 valence electrons. The molecule has 4 heteroatoms. The summed E-state index contributed by atoms with van der Waals surface area (Å²) >= 11 is 5.21. The molecular formula is C17H19BrFNS. The molecule has 1 N–H and O–H groups in total. The molecule has 0 amide bonds. The van der Waals surface area contributed by atoms with Gasteiger partial charge >= 0.3 is 0 Å². The predicted octanol–water partition coefficient (Wildman–Crippen LogP) is 5.03. The van der Waals surface area contributed by atoms with Crippen LogP contribution in [0.3, 0.4) is 0 Å². The van der Waals surface area contributed by atoms with Crippen LogP contribution in [0.25, 0.3) is 0 Å². The lowest BCUT2D eigenvalue weighted by Gasteiger charge is -2.15. The lowest BCUT2D eigenvalue weighted by atomic mass is 9.98. The van der Waals surface area contributed by atoms with Crippen molar-refractivity contribution >= 4 is 27.3 Å². The van der Waals surface area contributed by atoms with Crippen molar-refractivity contribution in [2.45, 2.75) is 38.1 Å². The van der Waals surface area contributed by atoms with E-state index in [9.17, 15) is 4.39 Å². The number of thiophene rings is 1. The standard InChI is InChI=1S/C17H19BrFNS/c1-20-15(9-11-6-7-14(19)13(18)8-11)17-10-12-4-2-3-5-16(12)21-17/h6-8,10,15,20H,2-5,9H2,1H3. The molecule has 0 saturated carbocycles. The number of nitrogens with one attached hydrogen (secondary N) is 1. The zero-order valence-corrected chi connectivity index (χ0v) is 14.5. The Balaban J connectivity index is 1.81. The summed E-state index contributed by atoms with van der Waals surface area (Å²) in [6.45, 7) is 0. The van der Waals surface area contributed by atoms with Crippen molar-refractivity contribution in [3.8, 4) is 0 Å². The fraction of sp³-hybridized carbons (Fsp3) is 0.412. The third-order valence-electron chi connectivity index (χ3n) is 4.13. The highest BCUT2D eigenvalue weighted by molar-refractivity contribution is 9.10. The fourth-order valence-corrected chi connectivity index (χ4v) is 4.73. The van der Waals surface area contributed by atoms with Crippen molar-refractivity contribution in [1.82, 2.24) is 5.32 Å². The van der Waals surface area contributed by atoms with E-state index in [1.807, 2.05) is 30.5 Å². The lowest BCUT2D eigenvalue weighted by Crippen LogP contribution is -2.17. The number of benzene rings is 1. The Labute approximate surface area is 137 Å². The average Bonchev–Trinajstić information content (AvgIpc) is 2.92. The van der Waals surface area contributed by atoms with E-state index in [1.165, 1.54) is 36.6 Å². The van der Waals surface area contributed by atoms with Crippen molar-refractivity contribution < 1.29 is 4.39 Å². The van der Waals surface area contributed by atoms with E-state index in [0.717, 1.165) is 12.0 Å². The van der Waals surface area contributed by atoms with E-state index in [4.69, 9.17) is 0 Å². The maximum atomic E-state index is 13.3. The minimum Gasteiger partial charge on any atom is -0.312 e. The summed E-state index contributed by atoms with van der Waals surface area (Å²) in [6.07, 6.45) is 5.98. The smallest absolute Gasteiger partial charge is 0.137 e. The third kappa shape index (κ3) is 3.38. The van der Waals surface area contributed by atoms with E-state index in [2.05, 4.69) is 27.3 Å². The molecule has 0 saturated heterocycles. The second kappa shape index (κ2) is 6.59. The first-order valence-corrected chi connectivity index (χ1v) is 9.01. The molecule has 21 heavy (non-hydrogen) atoms. The summed E-state index contributed by atoms with van der Waals surface area (Å²) in [5.74, 6) is -0.202. The van der Waals surface area contributed by atoms with Crippen LogP contribution in [0, 0.1) is 5.82 Å². The van der Waals surface area contributed by atoms with Crippen LogP contribution in [0.5, 0.6) is 0 Å². The molecule has 1 aromatic heterocycles. The largest absolute Gasteiger partial charge is 0.312 e. The lowest BCUT2D eigenvalue weighted by molar-refractivity contribution is 0.595. The third-order valence-corrected chi connectivity index (χ3v) is 6.09. The van der Waals surface area contributed by atoms with Gasteiger partial charge in [0.15, 0.2) is 0 Å². The SMILES string of the molecule is CNC(Cc1ccc(F)c(Br)c1)c1cc2c(s1)CCCC2. The van der Waals surface area contributed by atoms with Gasteiger partial charge in [-0.2, -0.15) is 0 Å². The molecule has 2 aromatic rings. The Bertz CT molecular complexity index is 614. The van der Waals surface area contributed by atoms with Gasteiger partial charge in [0, 0.05) is 15.8 Å². The summed E-state index contributed by atoms with van der Waals surface area (Å²) < 4.78 is 13.9. The normalized spacial score (nSPS) is 15.8. The highest BCUT2D eigenvalue weighted by atomic mass is 79.9. The molecule has 3 rings (SSSR count). The number of likely N-dealkylation sites (N-methyl/N-ethyl adjacent to an activating group) is 1. The van der Waals surface area contributed by atoms with Gasteiger partial charge in [0.1, 0.15) is 5.82 Å². The Hall–Kier alpha value is -0.710. The molecule has 0 radical (unpaired) electrons. The predicted molar refractivity (Wildman–Crippen MR) is 90.6 cm³/mol. The molecule has 1 unspecified atom stereocenters. The van der Waals surface area contributed by atoms with Gasteiger partial charge in [-0.05, 0) is 84.4 Å². The van der Waals surface area contributed by atoms with Gasteiger partial charge in [0.05, 0.1) is 4.47 Å². The number of rotatable bonds is 4. The van der Waals surface area contributed by atoms with Crippen molar-refractivity contribution in [1.29, 1.82) is 0 Å². The van der Waals surface area contributed by atoms with Crippen molar-refractivity contribution in [3.63, 3.8) is 0 Å². The van der Waals surface area contributed by atoms with Crippen molar-refractivity contribution in [2.75, 3.05) is 7.05 Å². The molecule has 1 aliphatic rings. The van der Waals surface area contributed by atoms with Crippen LogP contribution in [0.2, 0.25) is 0 Å². The van der Waals surface area contributed by atoms with E-state index in [1.54, 1.807) is 10.4 Å². The summed E-state index contributed by atoms with van der Waals surface area (Å²) in [6, 6.07) is 7.97. The molecule has 0 spiro atoms. The summed E-state index contributed by atoms with van der Waals surface area (Å²) in [7, 11) is 2.00. The Morgan fingerprint density at radius 3 is 2.81 bits per heavy atom. The highest BCUT2D eigenvalue weighted by Crippen LogP contribution is 2.34. The molecule has 0 bridgehead atoms. The summed E-state index contributed by atoms with van der Waals surface area (Å²) in [4.78, 5) is 2.97. The van der Waals surface area contributed by atoms with Crippen LogP contribution in [0.4, 0.5) is 4.39 Å². The van der Waals surface area contributed by atoms with Gasteiger partial charge in [-0.1, -0.05) is 6.07 Å². The number of aryl methyl sites for hydroxylation is 2. The number of hydrogen-bond donors (Lipinski definition) is 1. The molecule has 1 aromatic carbocycles. The molecule has 1 aliphatic carbocycles. The van der Waals surface area contributed by atoms with Gasteiger partial charge in [-0.25, -0.2) is 4.39 Å². The van der Waals surface area contributed by atoms with Crippen molar-refractivity contribution in [2.24, 2.45) is 0 Å². The first kappa shape index (κ1) is 15.2. The maximum absolute atomic E-state index is 13.3. The van der Waals surface area contributed by atoms with E-state index in [-0.39, 0.29) is 5.82 Å². The minimum absolute atomic E-state index is 0.202. The first-order valence-electron chi connectivity index (χ1n) is 7.40. The van der Waals surface area contributed by atoms with Crippen LogP contribution in [0.15, 0.2) is 28.7 Å². The van der Waals surface area contributed by atoms with Gasteiger partial charge in [0.2, 0.25) is 0 Å². The molecular weight excluding hydrogens is 349 g/mol. The first-order chi connectivity index (χ1) is 10.2. The number of fused-ring (bicyclic) bond motifs is 1. The molecule has 0 aliphatic heterocycles. The minimum atomic E-state index is -0.202. The Kier molecular flexibility index (Phi) is 4.77. The molecule has 0 fully saturated rings. The van der Waals surface area contributed by atoms with Gasteiger partial charge in [-0.3, -0.25) is 0 Å². The quantitative estimate of drug-likeness (QED) is 0.798. The molecule has 1 atom stereocenters. The number of halogens is 2. The van der Waals surface area contributed by atoms with E-state index in [0.29, 0.717) is 10.5 Å². The van der Waals surface area contributed by atoms with Gasteiger partial charge < -0.3 is 5.32 Å². The second-order valence-electron chi connectivity index (χ2n) is 5.60. The summed E-state index contributed by atoms with van der Waals surface area (Å²) in [5, 5.41) is 3.41. The van der Waals surface area contributed by atoms with Gasteiger partial charge in [0.25, 0.3) is 0 Å². The summed E-state index contributed by atoms with van der Waals surface area (Å²) in [5.41, 5.74) is 2.69.